The number of carbonyl (C=O) groups excluding carboxylic acids is 1. The van der Waals surface area contributed by atoms with Crippen molar-refractivity contribution in [3.8, 4) is 0 Å². The molecule has 0 spiro atoms. The molecule has 1 fully saturated rings. The van der Waals surface area contributed by atoms with Crippen molar-refractivity contribution >= 4 is 34.8 Å². The quantitative estimate of drug-likeness (QED) is 0.701. The predicted octanol–water partition coefficient (Wildman–Crippen LogP) is 3.36. The highest BCUT2D eigenvalue weighted by atomic mass is 35.5. The van der Waals surface area contributed by atoms with E-state index in [0.29, 0.717) is 36.1 Å². The Kier molecular flexibility index (Phi) is 6.32. The van der Waals surface area contributed by atoms with Crippen molar-refractivity contribution in [3.05, 3.63) is 51.3 Å². The fourth-order valence-electron chi connectivity index (χ4n) is 3.87. The van der Waals surface area contributed by atoms with Gasteiger partial charge in [0.2, 0.25) is 6.10 Å². The van der Waals surface area contributed by atoms with Crippen molar-refractivity contribution in [2.45, 2.75) is 39.5 Å². The first-order valence-corrected chi connectivity index (χ1v) is 10.9. The summed E-state index contributed by atoms with van der Waals surface area (Å²) in [5, 5.41) is 9.97. The van der Waals surface area contributed by atoms with Gasteiger partial charge in [0.1, 0.15) is 0 Å². The van der Waals surface area contributed by atoms with Gasteiger partial charge in [0, 0.05) is 73.1 Å². The van der Waals surface area contributed by atoms with E-state index in [4.69, 9.17) is 28.0 Å². The average molecular weight is 450 g/mol. The summed E-state index contributed by atoms with van der Waals surface area (Å²) in [5.41, 5.74) is 3.58. The van der Waals surface area contributed by atoms with E-state index in [1.807, 2.05) is 47.8 Å². The highest BCUT2D eigenvalue weighted by molar-refractivity contribution is 6.35. The summed E-state index contributed by atoms with van der Waals surface area (Å²) < 4.78 is 1.87. The molecule has 160 valence electrons. The summed E-state index contributed by atoms with van der Waals surface area (Å²) in [6.45, 7) is 8.26. The minimum Gasteiger partial charge on any atom is -0.382 e. The maximum atomic E-state index is 12.9. The minimum atomic E-state index is -0.561. The molecule has 0 saturated carbocycles. The number of amides is 1. The van der Waals surface area contributed by atoms with Gasteiger partial charge in [-0.05, 0) is 26.0 Å². The molecule has 2 aromatic rings. The Morgan fingerprint density at radius 1 is 1.20 bits per heavy atom. The van der Waals surface area contributed by atoms with E-state index < -0.39 is 6.10 Å². The highest BCUT2D eigenvalue weighted by Crippen LogP contribution is 2.26. The molecule has 2 aliphatic rings. The zero-order valence-corrected chi connectivity index (χ0v) is 18.7. The van der Waals surface area contributed by atoms with Crippen LogP contribution in [0.15, 0.2) is 29.6 Å². The first-order valence-electron chi connectivity index (χ1n) is 10.2. The lowest BCUT2D eigenvalue weighted by Crippen LogP contribution is -2.51. The van der Waals surface area contributed by atoms with Crippen molar-refractivity contribution in [2.75, 3.05) is 26.2 Å². The summed E-state index contributed by atoms with van der Waals surface area (Å²) in [6.07, 6.45) is 1.88. The Hall–Kier alpha value is -2.09. The second-order valence-corrected chi connectivity index (χ2v) is 8.44. The summed E-state index contributed by atoms with van der Waals surface area (Å²) in [4.78, 5) is 22.6. The van der Waals surface area contributed by atoms with Gasteiger partial charge in [0.15, 0.2) is 0 Å². The molecule has 3 heterocycles. The van der Waals surface area contributed by atoms with E-state index in [2.05, 4.69) is 15.2 Å². The zero-order chi connectivity index (χ0) is 21.3. The largest absolute Gasteiger partial charge is 0.382 e. The van der Waals surface area contributed by atoms with E-state index in [-0.39, 0.29) is 5.91 Å². The van der Waals surface area contributed by atoms with E-state index >= 15 is 0 Å². The number of hydrogen-bond acceptors (Lipinski definition) is 5. The zero-order valence-electron chi connectivity index (χ0n) is 17.1. The maximum absolute atomic E-state index is 12.9. The molecule has 1 aromatic heterocycles. The lowest BCUT2D eigenvalue weighted by atomic mass is 10.1. The van der Waals surface area contributed by atoms with Crippen LogP contribution in [0.5, 0.6) is 0 Å². The fourth-order valence-corrected chi connectivity index (χ4v) is 4.39. The summed E-state index contributed by atoms with van der Waals surface area (Å²) in [7, 11) is 0. The lowest BCUT2D eigenvalue weighted by molar-refractivity contribution is -0.143. The average Bonchev–Trinajstić information content (AvgIpc) is 3.37. The van der Waals surface area contributed by atoms with Crippen molar-refractivity contribution < 1.29 is 9.63 Å². The number of piperazine rings is 1. The molecule has 2 aliphatic heterocycles. The van der Waals surface area contributed by atoms with Crippen molar-refractivity contribution in [3.63, 3.8) is 0 Å². The Bertz CT molecular complexity index is 946. The van der Waals surface area contributed by atoms with Crippen molar-refractivity contribution in [2.24, 2.45) is 5.16 Å². The molecular formula is C21H25Cl2N5O2. The molecule has 1 amide bonds. The predicted molar refractivity (Wildman–Crippen MR) is 117 cm³/mol. The SMILES string of the molecule is CCn1cc(C2=NOC(C(=O)N3CCN(Cc4c(Cl)cccc4Cl)CC3)C2)c(C)n1. The number of hydrogen-bond donors (Lipinski definition) is 0. The molecular weight excluding hydrogens is 425 g/mol. The molecule has 0 aliphatic carbocycles. The van der Waals surface area contributed by atoms with Crippen LogP contribution >= 0.6 is 23.2 Å². The van der Waals surface area contributed by atoms with Gasteiger partial charge < -0.3 is 9.74 Å². The second-order valence-electron chi connectivity index (χ2n) is 7.62. The standard InChI is InChI=1S/C21H25Cl2N5O2/c1-3-28-13-15(14(2)24-28)19-11-20(30-25-19)21(29)27-9-7-26(8-10-27)12-16-17(22)5-4-6-18(16)23/h4-6,13,20H,3,7-12H2,1-2H3. The van der Waals surface area contributed by atoms with Gasteiger partial charge in [-0.2, -0.15) is 5.10 Å². The number of carbonyl (C=O) groups is 1. The van der Waals surface area contributed by atoms with E-state index in [9.17, 15) is 4.79 Å². The minimum absolute atomic E-state index is 0.00953. The summed E-state index contributed by atoms with van der Waals surface area (Å²) in [5.74, 6) is -0.00953. The monoisotopic (exact) mass is 449 g/mol. The first-order chi connectivity index (χ1) is 14.5. The molecule has 0 N–H and O–H groups in total. The molecule has 0 bridgehead atoms. The third-order valence-electron chi connectivity index (χ3n) is 5.65. The normalized spacial score (nSPS) is 19.7. The fraction of sp³-hybridized carbons (Fsp3) is 0.476. The number of oxime groups is 1. The Labute approximate surface area is 186 Å². The van der Waals surface area contributed by atoms with E-state index in [0.717, 1.165) is 42.2 Å². The van der Waals surface area contributed by atoms with Crippen LogP contribution in [0.25, 0.3) is 0 Å². The Balaban J connectivity index is 1.31. The molecule has 30 heavy (non-hydrogen) atoms. The molecule has 1 aromatic carbocycles. The van der Waals surface area contributed by atoms with Gasteiger partial charge in [-0.25, -0.2) is 0 Å². The van der Waals surface area contributed by atoms with Crippen LogP contribution in [-0.2, 0) is 22.7 Å². The van der Waals surface area contributed by atoms with E-state index in [1.54, 1.807) is 0 Å². The van der Waals surface area contributed by atoms with Crippen LogP contribution < -0.4 is 0 Å². The smallest absolute Gasteiger partial charge is 0.266 e. The van der Waals surface area contributed by atoms with Crippen LogP contribution in [0.1, 0.15) is 30.2 Å². The van der Waals surface area contributed by atoms with Gasteiger partial charge in [0.05, 0.1) is 11.4 Å². The third-order valence-corrected chi connectivity index (χ3v) is 6.36. The molecule has 9 heteroatoms. The van der Waals surface area contributed by atoms with Crippen molar-refractivity contribution in [1.29, 1.82) is 0 Å². The molecule has 1 atom stereocenters. The Morgan fingerprint density at radius 3 is 2.53 bits per heavy atom. The van der Waals surface area contributed by atoms with Gasteiger partial charge in [-0.15, -0.1) is 0 Å². The molecule has 0 radical (unpaired) electrons. The van der Waals surface area contributed by atoms with Gasteiger partial charge in [-0.3, -0.25) is 14.4 Å². The topological polar surface area (TPSA) is 63.0 Å². The van der Waals surface area contributed by atoms with Crippen LogP contribution in [-0.4, -0.2) is 63.5 Å². The summed E-state index contributed by atoms with van der Waals surface area (Å²) in [6, 6.07) is 5.55. The van der Waals surface area contributed by atoms with Gasteiger partial charge >= 0.3 is 0 Å². The molecule has 1 saturated heterocycles. The maximum Gasteiger partial charge on any atom is 0.266 e. The van der Waals surface area contributed by atoms with Crippen LogP contribution in [0, 0.1) is 6.92 Å². The van der Waals surface area contributed by atoms with Crippen LogP contribution in [0.3, 0.4) is 0 Å². The van der Waals surface area contributed by atoms with Crippen LogP contribution in [0.4, 0.5) is 0 Å². The first kappa shape index (κ1) is 21.2. The second kappa shape index (κ2) is 8.96. The van der Waals surface area contributed by atoms with Crippen molar-refractivity contribution in [1.82, 2.24) is 19.6 Å². The number of nitrogens with zero attached hydrogens (tertiary/aromatic N) is 5. The summed E-state index contributed by atoms with van der Waals surface area (Å²) >= 11 is 12.6. The number of rotatable bonds is 5. The third kappa shape index (κ3) is 4.33. The van der Waals surface area contributed by atoms with Gasteiger partial charge in [0.25, 0.3) is 5.91 Å². The number of aryl methyl sites for hydroxylation is 2. The molecule has 7 nitrogen and oxygen atoms in total. The number of benzene rings is 1. The van der Waals surface area contributed by atoms with E-state index in [1.165, 1.54) is 0 Å². The van der Waals surface area contributed by atoms with Crippen LogP contribution in [0.2, 0.25) is 10.0 Å². The number of aromatic nitrogens is 2. The molecule has 4 rings (SSSR count). The lowest BCUT2D eigenvalue weighted by Gasteiger charge is -2.35. The van der Waals surface area contributed by atoms with Gasteiger partial charge in [-0.1, -0.05) is 34.4 Å². The Morgan fingerprint density at radius 2 is 1.90 bits per heavy atom. The molecule has 1 unspecified atom stereocenters. The number of halogens is 2. The highest BCUT2D eigenvalue weighted by Gasteiger charge is 2.34.